The lowest BCUT2D eigenvalue weighted by atomic mass is 10.1. The second-order valence-corrected chi connectivity index (χ2v) is 4.45. The Kier molecular flexibility index (Phi) is 3.64. The number of aromatic nitrogens is 1. The van der Waals surface area contributed by atoms with Crippen LogP contribution in [0.15, 0.2) is 29.6 Å². The maximum absolute atomic E-state index is 12.7. The summed E-state index contributed by atoms with van der Waals surface area (Å²) in [5.41, 5.74) is 1.97. The van der Waals surface area contributed by atoms with E-state index < -0.39 is 0 Å². The number of benzene rings is 1. The van der Waals surface area contributed by atoms with Crippen molar-refractivity contribution >= 4 is 11.3 Å². The first-order valence-corrected chi connectivity index (χ1v) is 5.94. The molecule has 1 aromatic carbocycles. The van der Waals surface area contributed by atoms with Crippen LogP contribution < -0.4 is 0 Å². The molecule has 0 radical (unpaired) electrons. The van der Waals surface area contributed by atoms with Crippen LogP contribution >= 0.6 is 11.3 Å². The maximum atomic E-state index is 12.7. The van der Waals surface area contributed by atoms with Gasteiger partial charge in [-0.05, 0) is 17.7 Å². The summed E-state index contributed by atoms with van der Waals surface area (Å²) in [6, 6.07) is 6.44. The number of thiazole rings is 1. The third-order valence-electron chi connectivity index (χ3n) is 2.24. The van der Waals surface area contributed by atoms with Crippen LogP contribution in [0, 0.1) is 5.82 Å². The molecule has 0 atom stereocenters. The number of halogens is 1. The van der Waals surface area contributed by atoms with Crippen LogP contribution in [0.2, 0.25) is 0 Å². The Balaban J connectivity index is 2.05. The molecule has 4 heteroatoms. The first-order chi connectivity index (χ1) is 7.78. The van der Waals surface area contributed by atoms with Gasteiger partial charge in [0.2, 0.25) is 0 Å². The lowest BCUT2D eigenvalue weighted by molar-refractivity contribution is 0.298. The number of rotatable bonds is 4. The van der Waals surface area contributed by atoms with Gasteiger partial charge in [0.1, 0.15) is 5.82 Å². The Labute approximate surface area is 97.4 Å². The molecule has 0 bridgehead atoms. The van der Waals surface area contributed by atoms with Crippen LogP contribution in [0.25, 0.3) is 0 Å². The molecule has 0 aliphatic rings. The Morgan fingerprint density at radius 3 is 2.69 bits per heavy atom. The van der Waals surface area contributed by atoms with E-state index in [4.69, 9.17) is 5.11 Å². The highest BCUT2D eigenvalue weighted by Gasteiger charge is 2.03. The zero-order chi connectivity index (χ0) is 11.4. The van der Waals surface area contributed by atoms with Crippen molar-refractivity contribution in [3.63, 3.8) is 0 Å². The predicted octanol–water partition coefficient (Wildman–Crippen LogP) is 2.41. The quantitative estimate of drug-likeness (QED) is 0.885. The summed E-state index contributed by atoms with van der Waals surface area (Å²) in [5, 5.41) is 11.7. The average molecular weight is 237 g/mol. The van der Waals surface area contributed by atoms with Crippen molar-refractivity contribution < 1.29 is 9.50 Å². The van der Waals surface area contributed by atoms with E-state index in [2.05, 4.69) is 4.98 Å². The Morgan fingerprint density at radius 1 is 1.25 bits per heavy atom. The molecule has 0 unspecified atom stereocenters. The topological polar surface area (TPSA) is 33.1 Å². The molecule has 0 amide bonds. The van der Waals surface area contributed by atoms with Crippen molar-refractivity contribution in [1.29, 1.82) is 0 Å². The number of hydrogen-bond donors (Lipinski definition) is 1. The molecule has 1 aromatic heterocycles. The highest BCUT2D eigenvalue weighted by Crippen LogP contribution is 2.15. The molecule has 2 nitrogen and oxygen atoms in total. The molecule has 0 saturated carbocycles. The molecular formula is C12H12FNOS. The first-order valence-electron chi connectivity index (χ1n) is 5.06. The van der Waals surface area contributed by atoms with Crippen LogP contribution in [-0.4, -0.2) is 16.7 Å². The molecule has 1 heterocycles. The number of aliphatic hydroxyl groups is 1. The molecule has 2 aromatic rings. The average Bonchev–Trinajstić information content (AvgIpc) is 2.70. The van der Waals surface area contributed by atoms with Crippen LogP contribution in [0.4, 0.5) is 4.39 Å². The van der Waals surface area contributed by atoms with Gasteiger partial charge in [0.15, 0.2) is 0 Å². The third-order valence-corrected chi connectivity index (χ3v) is 3.13. The molecular weight excluding hydrogens is 225 g/mol. The highest BCUT2D eigenvalue weighted by molar-refractivity contribution is 7.09. The van der Waals surface area contributed by atoms with Gasteiger partial charge >= 0.3 is 0 Å². The van der Waals surface area contributed by atoms with Crippen molar-refractivity contribution in [3.8, 4) is 0 Å². The molecule has 84 valence electrons. The van der Waals surface area contributed by atoms with E-state index in [0.717, 1.165) is 22.7 Å². The summed E-state index contributed by atoms with van der Waals surface area (Å²) in [7, 11) is 0. The number of aliphatic hydroxyl groups excluding tert-OH is 1. The standard InChI is InChI=1S/C12H12FNOS/c13-10-3-1-9(2-4-10)7-12-14-11(5-6-15)8-16-12/h1-4,8,15H,5-7H2. The summed E-state index contributed by atoms with van der Waals surface area (Å²) in [4.78, 5) is 4.38. The maximum Gasteiger partial charge on any atom is 0.123 e. The van der Waals surface area contributed by atoms with Crippen LogP contribution in [0.3, 0.4) is 0 Å². The lowest BCUT2D eigenvalue weighted by Gasteiger charge is -1.97. The molecule has 16 heavy (non-hydrogen) atoms. The monoisotopic (exact) mass is 237 g/mol. The van der Waals surface area contributed by atoms with Gasteiger partial charge in [0, 0.05) is 24.8 Å². The summed E-state index contributed by atoms with van der Waals surface area (Å²) in [6.07, 6.45) is 1.32. The van der Waals surface area contributed by atoms with Gasteiger partial charge in [-0.25, -0.2) is 9.37 Å². The van der Waals surface area contributed by atoms with Crippen molar-refractivity contribution in [1.82, 2.24) is 4.98 Å². The van der Waals surface area contributed by atoms with E-state index in [-0.39, 0.29) is 12.4 Å². The van der Waals surface area contributed by atoms with E-state index in [1.807, 2.05) is 5.38 Å². The largest absolute Gasteiger partial charge is 0.396 e. The fourth-order valence-electron chi connectivity index (χ4n) is 1.44. The third kappa shape index (κ3) is 2.87. The van der Waals surface area contributed by atoms with Crippen molar-refractivity contribution in [2.45, 2.75) is 12.8 Å². The lowest BCUT2D eigenvalue weighted by Crippen LogP contribution is -1.92. The summed E-state index contributed by atoms with van der Waals surface area (Å²) < 4.78 is 12.7. The van der Waals surface area contributed by atoms with Gasteiger partial charge in [-0.3, -0.25) is 0 Å². The molecule has 0 spiro atoms. The van der Waals surface area contributed by atoms with E-state index in [1.54, 1.807) is 23.5 Å². The second-order valence-electron chi connectivity index (χ2n) is 3.51. The van der Waals surface area contributed by atoms with Crippen LogP contribution in [0.1, 0.15) is 16.3 Å². The van der Waals surface area contributed by atoms with Gasteiger partial charge in [-0.15, -0.1) is 11.3 Å². The van der Waals surface area contributed by atoms with E-state index in [0.29, 0.717) is 6.42 Å². The zero-order valence-corrected chi connectivity index (χ0v) is 9.51. The Hall–Kier alpha value is -1.26. The van der Waals surface area contributed by atoms with Gasteiger partial charge < -0.3 is 5.11 Å². The minimum Gasteiger partial charge on any atom is -0.396 e. The van der Waals surface area contributed by atoms with E-state index >= 15 is 0 Å². The van der Waals surface area contributed by atoms with Gasteiger partial charge in [-0.1, -0.05) is 12.1 Å². The van der Waals surface area contributed by atoms with Crippen molar-refractivity contribution in [2.24, 2.45) is 0 Å². The SMILES string of the molecule is OCCc1csc(Cc2ccc(F)cc2)n1. The van der Waals surface area contributed by atoms with Gasteiger partial charge in [0.05, 0.1) is 10.7 Å². The van der Waals surface area contributed by atoms with E-state index in [1.165, 1.54) is 12.1 Å². The predicted molar refractivity (Wildman–Crippen MR) is 62.1 cm³/mol. The normalized spacial score (nSPS) is 10.6. The number of hydrogen-bond acceptors (Lipinski definition) is 3. The van der Waals surface area contributed by atoms with Gasteiger partial charge in [-0.2, -0.15) is 0 Å². The summed E-state index contributed by atoms with van der Waals surface area (Å²) in [6.45, 7) is 0.125. The summed E-state index contributed by atoms with van der Waals surface area (Å²) in [5.74, 6) is -0.219. The van der Waals surface area contributed by atoms with Crippen molar-refractivity contribution in [2.75, 3.05) is 6.61 Å². The Morgan fingerprint density at radius 2 is 2.00 bits per heavy atom. The fourth-order valence-corrected chi connectivity index (χ4v) is 2.30. The molecule has 2 rings (SSSR count). The van der Waals surface area contributed by atoms with E-state index in [9.17, 15) is 4.39 Å². The zero-order valence-electron chi connectivity index (χ0n) is 8.69. The van der Waals surface area contributed by atoms with Crippen LogP contribution in [-0.2, 0) is 12.8 Å². The molecule has 0 saturated heterocycles. The second kappa shape index (κ2) is 5.18. The van der Waals surface area contributed by atoms with Crippen molar-refractivity contribution in [3.05, 3.63) is 51.7 Å². The fraction of sp³-hybridized carbons (Fsp3) is 0.250. The highest BCUT2D eigenvalue weighted by atomic mass is 32.1. The molecule has 0 aliphatic carbocycles. The molecule has 0 aliphatic heterocycles. The van der Waals surface area contributed by atoms with Gasteiger partial charge in [0.25, 0.3) is 0 Å². The molecule has 0 fully saturated rings. The Bertz CT molecular complexity index is 452. The molecule has 1 N–H and O–H groups in total. The smallest absolute Gasteiger partial charge is 0.123 e. The van der Waals surface area contributed by atoms with Crippen LogP contribution in [0.5, 0.6) is 0 Å². The summed E-state index contributed by atoms with van der Waals surface area (Å²) >= 11 is 1.57. The number of nitrogens with zero attached hydrogens (tertiary/aromatic N) is 1. The minimum absolute atomic E-state index is 0.125. The first kappa shape index (κ1) is 11.2. The minimum atomic E-state index is -0.219.